The lowest BCUT2D eigenvalue weighted by Gasteiger charge is -2.20. The standard InChI is InChI=1S/C17H17Cl2N/c1-11-2-4-12(5-3-11)17(13-6-7-13)20-14-8-9-15(18)16(19)10-14/h2-5,8-10,13,17,20H,6-7H2,1H3. The number of nitrogens with one attached hydrogen (secondary N) is 1. The first-order chi connectivity index (χ1) is 9.63. The summed E-state index contributed by atoms with van der Waals surface area (Å²) in [6.07, 6.45) is 2.57. The van der Waals surface area contributed by atoms with Gasteiger partial charge in [0, 0.05) is 5.69 Å². The Bertz CT molecular complexity index is 603. The zero-order valence-electron chi connectivity index (χ0n) is 11.4. The molecule has 3 heteroatoms. The van der Waals surface area contributed by atoms with Crippen molar-refractivity contribution in [3.8, 4) is 0 Å². The number of hydrogen-bond donors (Lipinski definition) is 1. The van der Waals surface area contributed by atoms with E-state index in [-0.39, 0.29) is 0 Å². The molecule has 1 fully saturated rings. The topological polar surface area (TPSA) is 12.0 Å². The highest BCUT2D eigenvalue weighted by Crippen LogP contribution is 2.43. The van der Waals surface area contributed by atoms with Crippen molar-refractivity contribution in [2.45, 2.75) is 25.8 Å². The monoisotopic (exact) mass is 305 g/mol. The molecule has 1 nitrogen and oxygen atoms in total. The van der Waals surface area contributed by atoms with Gasteiger partial charge in [0.1, 0.15) is 0 Å². The molecule has 0 bridgehead atoms. The molecule has 0 aliphatic heterocycles. The average molecular weight is 306 g/mol. The Morgan fingerprint density at radius 3 is 2.30 bits per heavy atom. The SMILES string of the molecule is Cc1ccc(C(Nc2ccc(Cl)c(Cl)c2)C2CC2)cc1. The van der Waals surface area contributed by atoms with Crippen LogP contribution >= 0.6 is 23.2 Å². The van der Waals surface area contributed by atoms with Crippen LogP contribution < -0.4 is 5.32 Å². The maximum absolute atomic E-state index is 6.09. The summed E-state index contributed by atoms with van der Waals surface area (Å²) in [4.78, 5) is 0. The molecule has 2 aromatic carbocycles. The summed E-state index contributed by atoms with van der Waals surface area (Å²) >= 11 is 12.1. The maximum atomic E-state index is 6.09. The largest absolute Gasteiger partial charge is 0.378 e. The van der Waals surface area contributed by atoms with Crippen LogP contribution in [0.4, 0.5) is 5.69 Å². The summed E-state index contributed by atoms with van der Waals surface area (Å²) < 4.78 is 0. The van der Waals surface area contributed by atoms with E-state index in [1.165, 1.54) is 24.0 Å². The van der Waals surface area contributed by atoms with Crippen molar-refractivity contribution < 1.29 is 0 Å². The van der Waals surface area contributed by atoms with E-state index in [1.54, 1.807) is 0 Å². The Morgan fingerprint density at radius 1 is 1.00 bits per heavy atom. The molecular weight excluding hydrogens is 289 g/mol. The van der Waals surface area contributed by atoms with Crippen molar-refractivity contribution >= 4 is 28.9 Å². The van der Waals surface area contributed by atoms with Gasteiger partial charge in [0.15, 0.2) is 0 Å². The zero-order valence-corrected chi connectivity index (χ0v) is 12.9. The molecule has 1 N–H and O–H groups in total. The van der Waals surface area contributed by atoms with Crippen LogP contribution in [0.25, 0.3) is 0 Å². The predicted octanol–water partition coefficient (Wildman–Crippen LogP) is 5.87. The van der Waals surface area contributed by atoms with E-state index in [0.29, 0.717) is 22.0 Å². The van der Waals surface area contributed by atoms with Crippen molar-refractivity contribution in [3.63, 3.8) is 0 Å². The Balaban J connectivity index is 1.84. The van der Waals surface area contributed by atoms with Crippen LogP contribution in [0.5, 0.6) is 0 Å². The highest BCUT2D eigenvalue weighted by molar-refractivity contribution is 6.42. The van der Waals surface area contributed by atoms with Crippen molar-refractivity contribution in [2.75, 3.05) is 5.32 Å². The molecule has 104 valence electrons. The Labute approximate surface area is 129 Å². The molecule has 0 amide bonds. The fraction of sp³-hybridized carbons (Fsp3) is 0.294. The third kappa shape index (κ3) is 3.11. The Hall–Kier alpha value is -1.18. The summed E-state index contributed by atoms with van der Waals surface area (Å²) in [6.45, 7) is 2.11. The molecule has 1 aliphatic rings. The van der Waals surface area contributed by atoms with Gasteiger partial charge in [-0.1, -0.05) is 53.0 Å². The first kappa shape index (κ1) is 13.8. The number of aryl methyl sites for hydroxylation is 1. The number of halogens is 2. The maximum Gasteiger partial charge on any atom is 0.0612 e. The molecule has 0 saturated heterocycles. The Morgan fingerprint density at radius 2 is 1.70 bits per heavy atom. The highest BCUT2D eigenvalue weighted by Gasteiger charge is 2.32. The lowest BCUT2D eigenvalue weighted by atomic mass is 10.0. The first-order valence-electron chi connectivity index (χ1n) is 6.91. The number of hydrogen-bond acceptors (Lipinski definition) is 1. The molecule has 0 spiro atoms. The predicted molar refractivity (Wildman–Crippen MR) is 86.7 cm³/mol. The highest BCUT2D eigenvalue weighted by atomic mass is 35.5. The minimum absolute atomic E-state index is 0.354. The average Bonchev–Trinajstić information content (AvgIpc) is 3.26. The third-order valence-corrected chi connectivity index (χ3v) is 4.51. The number of benzene rings is 2. The van der Waals surface area contributed by atoms with Gasteiger partial charge in [-0.2, -0.15) is 0 Å². The minimum atomic E-state index is 0.354. The van der Waals surface area contributed by atoms with Crippen molar-refractivity contribution in [2.24, 2.45) is 5.92 Å². The molecule has 0 heterocycles. The summed E-state index contributed by atoms with van der Waals surface area (Å²) in [5.74, 6) is 0.715. The van der Waals surface area contributed by atoms with Crippen LogP contribution in [0.1, 0.15) is 30.0 Å². The van der Waals surface area contributed by atoms with E-state index in [4.69, 9.17) is 23.2 Å². The molecule has 1 atom stereocenters. The minimum Gasteiger partial charge on any atom is -0.378 e. The molecule has 1 aliphatic carbocycles. The zero-order chi connectivity index (χ0) is 14.1. The van der Waals surface area contributed by atoms with Gasteiger partial charge in [-0.25, -0.2) is 0 Å². The van der Waals surface area contributed by atoms with Crippen molar-refractivity contribution in [1.29, 1.82) is 0 Å². The van der Waals surface area contributed by atoms with E-state index in [1.807, 2.05) is 18.2 Å². The van der Waals surface area contributed by atoms with Crippen LogP contribution in [-0.2, 0) is 0 Å². The van der Waals surface area contributed by atoms with Gasteiger partial charge in [0.05, 0.1) is 16.1 Å². The lowest BCUT2D eigenvalue weighted by molar-refractivity contribution is 0.679. The summed E-state index contributed by atoms with van der Waals surface area (Å²) in [5, 5.41) is 4.79. The van der Waals surface area contributed by atoms with Crippen molar-refractivity contribution in [1.82, 2.24) is 0 Å². The summed E-state index contributed by atoms with van der Waals surface area (Å²) in [6, 6.07) is 14.8. The van der Waals surface area contributed by atoms with Crippen LogP contribution in [0, 0.1) is 12.8 Å². The fourth-order valence-corrected chi connectivity index (χ4v) is 2.74. The second-order valence-corrected chi connectivity index (χ2v) is 6.31. The number of anilines is 1. The second-order valence-electron chi connectivity index (χ2n) is 5.50. The van der Waals surface area contributed by atoms with E-state index in [9.17, 15) is 0 Å². The van der Waals surface area contributed by atoms with Crippen molar-refractivity contribution in [3.05, 3.63) is 63.6 Å². The molecule has 1 unspecified atom stereocenters. The van der Waals surface area contributed by atoms with Crippen LogP contribution in [-0.4, -0.2) is 0 Å². The molecule has 3 rings (SSSR count). The van der Waals surface area contributed by atoms with Gasteiger partial charge < -0.3 is 5.32 Å². The quantitative estimate of drug-likeness (QED) is 0.745. The molecular formula is C17H17Cl2N. The molecule has 0 aromatic heterocycles. The smallest absolute Gasteiger partial charge is 0.0612 e. The Kier molecular flexibility index (Phi) is 3.91. The van der Waals surface area contributed by atoms with E-state index in [0.717, 1.165) is 5.69 Å². The van der Waals surface area contributed by atoms with Crippen LogP contribution in [0.2, 0.25) is 10.0 Å². The normalized spacial score (nSPS) is 15.9. The summed E-state index contributed by atoms with van der Waals surface area (Å²) in [5.41, 5.74) is 3.65. The van der Waals surface area contributed by atoms with Gasteiger partial charge in [0.2, 0.25) is 0 Å². The lowest BCUT2D eigenvalue weighted by Crippen LogP contribution is -2.12. The number of rotatable bonds is 4. The van der Waals surface area contributed by atoms with E-state index < -0.39 is 0 Å². The van der Waals surface area contributed by atoms with Crippen LogP contribution in [0.15, 0.2) is 42.5 Å². The van der Waals surface area contributed by atoms with Gasteiger partial charge >= 0.3 is 0 Å². The van der Waals surface area contributed by atoms with E-state index >= 15 is 0 Å². The molecule has 1 saturated carbocycles. The summed E-state index contributed by atoms with van der Waals surface area (Å²) in [7, 11) is 0. The second kappa shape index (κ2) is 5.67. The molecule has 20 heavy (non-hydrogen) atoms. The molecule has 2 aromatic rings. The third-order valence-electron chi connectivity index (χ3n) is 3.77. The molecule has 0 radical (unpaired) electrons. The first-order valence-corrected chi connectivity index (χ1v) is 7.67. The van der Waals surface area contributed by atoms with E-state index in [2.05, 4.69) is 36.5 Å². The van der Waals surface area contributed by atoms with Gasteiger partial charge in [-0.15, -0.1) is 0 Å². The van der Waals surface area contributed by atoms with Gasteiger partial charge in [-0.3, -0.25) is 0 Å². The van der Waals surface area contributed by atoms with Gasteiger partial charge in [0.25, 0.3) is 0 Å². The fourth-order valence-electron chi connectivity index (χ4n) is 2.44. The van der Waals surface area contributed by atoms with Gasteiger partial charge in [-0.05, 0) is 49.4 Å². The van der Waals surface area contributed by atoms with Crippen LogP contribution in [0.3, 0.4) is 0 Å².